The van der Waals surface area contributed by atoms with E-state index in [0.29, 0.717) is 12.0 Å². The minimum Gasteiger partial charge on any atom is -0.394 e. The first-order valence-corrected chi connectivity index (χ1v) is 5.66. The number of hydrogen-bond acceptors (Lipinski definition) is 3. The molecule has 3 N–H and O–H groups in total. The summed E-state index contributed by atoms with van der Waals surface area (Å²) in [6.07, 6.45) is 6.00. The van der Waals surface area contributed by atoms with Gasteiger partial charge in [-0.05, 0) is 18.3 Å². The third kappa shape index (κ3) is 3.95. The van der Waals surface area contributed by atoms with Gasteiger partial charge in [0, 0.05) is 13.1 Å². The van der Waals surface area contributed by atoms with Crippen molar-refractivity contribution in [3.8, 4) is 0 Å². The van der Waals surface area contributed by atoms with E-state index in [-0.39, 0.29) is 6.61 Å². The number of aliphatic hydroxyl groups excluding tert-OH is 2. The lowest BCUT2D eigenvalue weighted by Gasteiger charge is -2.34. The zero-order valence-corrected chi connectivity index (χ0v) is 9.13. The van der Waals surface area contributed by atoms with E-state index in [9.17, 15) is 0 Å². The lowest BCUT2D eigenvalue weighted by molar-refractivity contribution is 0.0893. The summed E-state index contributed by atoms with van der Waals surface area (Å²) in [6, 6.07) is 0. The Morgan fingerprint density at radius 2 is 1.93 bits per heavy atom. The molecule has 3 nitrogen and oxygen atoms in total. The molecule has 1 atom stereocenters. The van der Waals surface area contributed by atoms with Gasteiger partial charge in [-0.2, -0.15) is 0 Å². The Balaban J connectivity index is 2.15. The van der Waals surface area contributed by atoms with Crippen LogP contribution in [0.15, 0.2) is 0 Å². The molecule has 0 heterocycles. The molecule has 0 aromatic rings. The van der Waals surface area contributed by atoms with Gasteiger partial charge in [0.15, 0.2) is 0 Å². The maximum Gasteiger partial charge on any atom is 0.0894 e. The minimum absolute atomic E-state index is 0.149. The van der Waals surface area contributed by atoms with Crippen LogP contribution in [0.2, 0.25) is 0 Å². The van der Waals surface area contributed by atoms with Crippen LogP contribution in [0.1, 0.15) is 39.0 Å². The fourth-order valence-electron chi connectivity index (χ4n) is 2.19. The summed E-state index contributed by atoms with van der Waals surface area (Å²) in [5.41, 5.74) is 0.410. The molecule has 14 heavy (non-hydrogen) atoms. The highest BCUT2D eigenvalue weighted by Gasteiger charge is 2.26. The summed E-state index contributed by atoms with van der Waals surface area (Å²) in [5.74, 6) is 0. The molecule has 0 amide bonds. The fourth-order valence-corrected chi connectivity index (χ4v) is 2.19. The smallest absolute Gasteiger partial charge is 0.0894 e. The molecule has 1 fully saturated rings. The lowest BCUT2D eigenvalue weighted by atomic mass is 9.76. The minimum atomic E-state index is -0.609. The molecule has 0 saturated heterocycles. The molecule has 1 rings (SSSR count). The highest BCUT2D eigenvalue weighted by molar-refractivity contribution is 4.80. The van der Waals surface area contributed by atoms with Gasteiger partial charge in [0.2, 0.25) is 0 Å². The van der Waals surface area contributed by atoms with Crippen LogP contribution in [0.4, 0.5) is 0 Å². The zero-order valence-electron chi connectivity index (χ0n) is 9.13. The SMILES string of the molecule is CC1(CNCC(O)CO)CCCCC1. The van der Waals surface area contributed by atoms with Crippen LogP contribution in [0.25, 0.3) is 0 Å². The second-order valence-electron chi connectivity index (χ2n) is 4.84. The van der Waals surface area contributed by atoms with Gasteiger partial charge in [0.05, 0.1) is 12.7 Å². The van der Waals surface area contributed by atoms with Gasteiger partial charge in [0.25, 0.3) is 0 Å². The van der Waals surface area contributed by atoms with Crippen LogP contribution in [-0.4, -0.2) is 36.0 Å². The Labute approximate surface area is 86.5 Å². The Morgan fingerprint density at radius 1 is 1.29 bits per heavy atom. The maximum absolute atomic E-state index is 9.16. The van der Waals surface area contributed by atoms with Gasteiger partial charge in [-0.1, -0.05) is 26.2 Å². The van der Waals surface area contributed by atoms with Crippen LogP contribution in [0.3, 0.4) is 0 Å². The molecule has 0 spiro atoms. The maximum atomic E-state index is 9.16. The van der Waals surface area contributed by atoms with Gasteiger partial charge in [-0.15, -0.1) is 0 Å². The molecule has 0 aliphatic heterocycles. The number of aliphatic hydroxyl groups is 2. The predicted octanol–water partition coefficient (Wildman–Crippen LogP) is 0.900. The second kappa shape index (κ2) is 5.69. The molecule has 1 aliphatic carbocycles. The molecule has 0 bridgehead atoms. The van der Waals surface area contributed by atoms with Crippen LogP contribution >= 0.6 is 0 Å². The van der Waals surface area contributed by atoms with E-state index in [1.54, 1.807) is 0 Å². The van der Waals surface area contributed by atoms with Gasteiger partial charge in [-0.3, -0.25) is 0 Å². The number of nitrogens with one attached hydrogen (secondary N) is 1. The van der Waals surface area contributed by atoms with Crippen molar-refractivity contribution in [2.45, 2.75) is 45.1 Å². The monoisotopic (exact) mass is 201 g/mol. The number of rotatable bonds is 5. The summed E-state index contributed by atoms with van der Waals surface area (Å²) in [7, 11) is 0. The standard InChI is InChI=1S/C11H23NO2/c1-11(5-3-2-4-6-11)9-12-7-10(14)8-13/h10,12-14H,2-9H2,1H3. The van der Waals surface area contributed by atoms with Crippen molar-refractivity contribution in [2.75, 3.05) is 19.7 Å². The first kappa shape index (κ1) is 12.0. The molecule has 1 unspecified atom stereocenters. The Kier molecular flexibility index (Phi) is 4.85. The largest absolute Gasteiger partial charge is 0.394 e. The highest BCUT2D eigenvalue weighted by Crippen LogP contribution is 2.34. The van der Waals surface area contributed by atoms with E-state index in [0.717, 1.165) is 6.54 Å². The third-order valence-electron chi connectivity index (χ3n) is 3.20. The van der Waals surface area contributed by atoms with Crippen LogP contribution < -0.4 is 5.32 Å². The first-order valence-electron chi connectivity index (χ1n) is 5.66. The van der Waals surface area contributed by atoms with E-state index in [1.165, 1.54) is 32.1 Å². The summed E-state index contributed by atoms with van der Waals surface area (Å²) in [4.78, 5) is 0. The van der Waals surface area contributed by atoms with Crippen LogP contribution in [-0.2, 0) is 0 Å². The molecule has 3 heteroatoms. The zero-order chi connectivity index (χ0) is 10.4. The Morgan fingerprint density at radius 3 is 2.50 bits per heavy atom. The van der Waals surface area contributed by atoms with Gasteiger partial charge >= 0.3 is 0 Å². The van der Waals surface area contributed by atoms with Crippen molar-refractivity contribution in [1.82, 2.24) is 5.32 Å². The van der Waals surface area contributed by atoms with Gasteiger partial charge in [-0.25, -0.2) is 0 Å². The number of hydrogen-bond donors (Lipinski definition) is 3. The highest BCUT2D eigenvalue weighted by atomic mass is 16.3. The summed E-state index contributed by atoms with van der Waals surface area (Å²) in [5, 5.41) is 21.0. The van der Waals surface area contributed by atoms with E-state index >= 15 is 0 Å². The topological polar surface area (TPSA) is 52.5 Å². The summed E-state index contributed by atoms with van der Waals surface area (Å²) >= 11 is 0. The molecule has 1 aliphatic rings. The van der Waals surface area contributed by atoms with E-state index in [1.807, 2.05) is 0 Å². The predicted molar refractivity (Wildman–Crippen MR) is 57.2 cm³/mol. The normalized spacial score (nSPS) is 23.4. The van der Waals surface area contributed by atoms with E-state index in [4.69, 9.17) is 10.2 Å². The third-order valence-corrected chi connectivity index (χ3v) is 3.20. The van der Waals surface area contributed by atoms with Gasteiger partial charge < -0.3 is 15.5 Å². The molecule has 84 valence electrons. The van der Waals surface area contributed by atoms with Crippen molar-refractivity contribution in [1.29, 1.82) is 0 Å². The summed E-state index contributed by atoms with van der Waals surface area (Å²) < 4.78 is 0. The average molecular weight is 201 g/mol. The second-order valence-corrected chi connectivity index (χ2v) is 4.84. The molecular formula is C11H23NO2. The van der Waals surface area contributed by atoms with Crippen molar-refractivity contribution in [3.05, 3.63) is 0 Å². The molecule has 0 aromatic carbocycles. The van der Waals surface area contributed by atoms with Crippen molar-refractivity contribution in [3.63, 3.8) is 0 Å². The van der Waals surface area contributed by atoms with Gasteiger partial charge in [0.1, 0.15) is 0 Å². The van der Waals surface area contributed by atoms with E-state index in [2.05, 4.69) is 12.2 Å². The average Bonchev–Trinajstić information content (AvgIpc) is 2.18. The van der Waals surface area contributed by atoms with E-state index < -0.39 is 6.10 Å². The Hall–Kier alpha value is -0.120. The van der Waals surface area contributed by atoms with Crippen LogP contribution in [0, 0.1) is 5.41 Å². The Bertz CT molecular complexity index is 155. The quantitative estimate of drug-likeness (QED) is 0.619. The first-order chi connectivity index (χ1) is 6.66. The van der Waals surface area contributed by atoms with Crippen LogP contribution in [0.5, 0.6) is 0 Å². The molecule has 0 radical (unpaired) electrons. The molecule has 0 aromatic heterocycles. The molecular weight excluding hydrogens is 178 g/mol. The molecule has 1 saturated carbocycles. The lowest BCUT2D eigenvalue weighted by Crippen LogP contribution is -2.38. The van der Waals surface area contributed by atoms with Crippen molar-refractivity contribution < 1.29 is 10.2 Å². The fraction of sp³-hybridized carbons (Fsp3) is 1.00. The van der Waals surface area contributed by atoms with Crippen molar-refractivity contribution in [2.24, 2.45) is 5.41 Å². The van der Waals surface area contributed by atoms with Crippen molar-refractivity contribution >= 4 is 0 Å². The summed E-state index contributed by atoms with van der Waals surface area (Å²) in [6.45, 7) is 3.63.